The van der Waals surface area contributed by atoms with Gasteiger partial charge in [-0.25, -0.2) is 0 Å². The van der Waals surface area contributed by atoms with Gasteiger partial charge in [-0.2, -0.15) is 0 Å². The van der Waals surface area contributed by atoms with Crippen molar-refractivity contribution in [3.8, 4) is 0 Å². The normalized spacial score (nSPS) is 17.3. The van der Waals surface area contributed by atoms with Gasteiger partial charge in [-0.1, -0.05) is 11.6 Å². The summed E-state index contributed by atoms with van der Waals surface area (Å²) in [5.74, 6) is 0. The highest BCUT2D eigenvalue weighted by Gasteiger charge is 2.27. The van der Waals surface area contributed by atoms with Crippen LogP contribution in [0.4, 0.5) is 5.69 Å². The van der Waals surface area contributed by atoms with Gasteiger partial charge in [0, 0.05) is 37.3 Å². The zero-order valence-corrected chi connectivity index (χ0v) is 12.4. The zero-order valence-electron chi connectivity index (χ0n) is 10.8. The fourth-order valence-electron chi connectivity index (χ4n) is 2.36. The summed E-state index contributed by atoms with van der Waals surface area (Å²) in [4.78, 5) is 12.7. The average molecular weight is 322 g/mol. The third-order valence-electron chi connectivity index (χ3n) is 3.31. The Labute approximate surface area is 128 Å². The first-order chi connectivity index (χ1) is 9.13. The maximum Gasteiger partial charge on any atom is 0.274 e. The van der Waals surface area contributed by atoms with Crippen LogP contribution < -0.4 is 5.32 Å². The lowest BCUT2D eigenvalue weighted by molar-refractivity contribution is -0.386. The van der Waals surface area contributed by atoms with Gasteiger partial charge in [0.15, 0.2) is 0 Å². The third-order valence-corrected chi connectivity index (χ3v) is 3.55. The maximum absolute atomic E-state index is 11.1. The number of nitrogens with one attached hydrogen (secondary N) is 1. The van der Waals surface area contributed by atoms with Crippen LogP contribution in [0.3, 0.4) is 0 Å². The van der Waals surface area contributed by atoms with E-state index in [0.29, 0.717) is 10.6 Å². The Morgan fingerprint density at radius 3 is 2.65 bits per heavy atom. The Balaban J connectivity index is 0.00000200. The lowest BCUT2D eigenvalue weighted by Gasteiger charge is -2.33. The van der Waals surface area contributed by atoms with Crippen LogP contribution in [-0.4, -0.2) is 47.7 Å². The minimum absolute atomic E-state index is 0. The van der Waals surface area contributed by atoms with Crippen LogP contribution in [0, 0.1) is 10.1 Å². The second-order valence-corrected chi connectivity index (χ2v) is 4.88. The molecule has 8 heteroatoms. The van der Waals surface area contributed by atoms with Gasteiger partial charge in [-0.15, -0.1) is 12.4 Å². The van der Waals surface area contributed by atoms with E-state index < -0.39 is 4.92 Å². The lowest BCUT2D eigenvalue weighted by atomic mass is 10.0. The molecule has 2 N–H and O–H groups in total. The molecule has 6 nitrogen and oxygen atoms in total. The minimum Gasteiger partial charge on any atom is -0.394 e. The number of nitro benzene ring substituents is 1. The molecule has 0 bridgehead atoms. The molecule has 0 unspecified atom stereocenters. The van der Waals surface area contributed by atoms with Crippen LogP contribution in [0.1, 0.15) is 11.6 Å². The van der Waals surface area contributed by atoms with Crippen molar-refractivity contribution in [2.24, 2.45) is 0 Å². The molecular formula is C12H17Cl2N3O3. The lowest BCUT2D eigenvalue weighted by Crippen LogP contribution is -2.46. The quantitative estimate of drug-likeness (QED) is 0.650. The maximum atomic E-state index is 11.1. The summed E-state index contributed by atoms with van der Waals surface area (Å²) in [6.07, 6.45) is 0. The van der Waals surface area contributed by atoms with Crippen LogP contribution in [-0.2, 0) is 0 Å². The van der Waals surface area contributed by atoms with Crippen molar-refractivity contribution >= 4 is 29.7 Å². The van der Waals surface area contributed by atoms with Gasteiger partial charge in [0.05, 0.1) is 23.1 Å². The van der Waals surface area contributed by atoms with Crippen molar-refractivity contribution in [3.63, 3.8) is 0 Å². The Kier molecular flexibility index (Phi) is 6.64. The summed E-state index contributed by atoms with van der Waals surface area (Å²) in [6.45, 7) is 2.95. The van der Waals surface area contributed by atoms with Crippen LogP contribution in [0.25, 0.3) is 0 Å². The van der Waals surface area contributed by atoms with E-state index in [2.05, 4.69) is 5.32 Å². The summed E-state index contributed by atoms with van der Waals surface area (Å²) in [7, 11) is 0. The molecule has 1 aliphatic heterocycles. The van der Waals surface area contributed by atoms with Gasteiger partial charge >= 0.3 is 0 Å². The number of hydrogen-bond acceptors (Lipinski definition) is 5. The topological polar surface area (TPSA) is 78.6 Å². The number of halogens is 2. The van der Waals surface area contributed by atoms with Gasteiger partial charge < -0.3 is 10.4 Å². The molecule has 2 rings (SSSR count). The molecule has 1 fully saturated rings. The number of nitrogens with zero attached hydrogens (tertiary/aromatic N) is 2. The molecule has 0 aliphatic carbocycles. The molecule has 20 heavy (non-hydrogen) atoms. The van der Waals surface area contributed by atoms with E-state index in [1.807, 2.05) is 4.90 Å². The standard InChI is InChI=1S/C12H16ClN3O3.ClH/c13-9-1-2-11(16(18)19)10(7-9)12(8-17)15-5-3-14-4-6-15;/h1-2,7,12,14,17H,3-6,8H2;1H/t12-;/m0./s1. The number of rotatable bonds is 4. The van der Waals surface area contributed by atoms with E-state index in [4.69, 9.17) is 11.6 Å². The first-order valence-electron chi connectivity index (χ1n) is 6.13. The Bertz CT molecular complexity index is 467. The molecule has 0 aromatic heterocycles. The molecule has 1 saturated heterocycles. The SMILES string of the molecule is Cl.O=[N+]([O-])c1ccc(Cl)cc1[C@H](CO)N1CCNCC1. The van der Waals surface area contributed by atoms with E-state index in [1.54, 1.807) is 6.07 Å². The predicted octanol–water partition coefficient (Wildman–Crippen LogP) is 1.61. The highest BCUT2D eigenvalue weighted by molar-refractivity contribution is 6.30. The molecule has 112 valence electrons. The smallest absolute Gasteiger partial charge is 0.274 e. The summed E-state index contributed by atoms with van der Waals surface area (Å²) < 4.78 is 0. The number of nitro groups is 1. The fraction of sp³-hybridized carbons (Fsp3) is 0.500. The second-order valence-electron chi connectivity index (χ2n) is 4.44. The summed E-state index contributed by atoms with van der Waals surface area (Å²) in [5, 5.41) is 24.3. The van der Waals surface area contributed by atoms with Crippen LogP contribution >= 0.6 is 24.0 Å². The number of piperazine rings is 1. The van der Waals surface area contributed by atoms with E-state index in [9.17, 15) is 15.2 Å². The Hall–Kier alpha value is -0.920. The summed E-state index contributed by atoms with van der Waals surface area (Å²) in [5.41, 5.74) is 0.476. The van der Waals surface area contributed by atoms with Gasteiger partial charge in [-0.3, -0.25) is 15.0 Å². The molecular weight excluding hydrogens is 305 g/mol. The van der Waals surface area contributed by atoms with Crippen molar-refractivity contribution in [3.05, 3.63) is 38.9 Å². The summed E-state index contributed by atoms with van der Waals surface area (Å²) >= 11 is 5.93. The number of aliphatic hydroxyl groups is 1. The molecule has 1 aliphatic rings. The predicted molar refractivity (Wildman–Crippen MR) is 79.6 cm³/mol. The van der Waals surface area contributed by atoms with Crippen molar-refractivity contribution in [1.29, 1.82) is 0 Å². The molecule has 1 aromatic rings. The molecule has 1 aromatic carbocycles. The summed E-state index contributed by atoms with van der Waals surface area (Å²) in [6, 6.07) is 4.07. The van der Waals surface area contributed by atoms with E-state index >= 15 is 0 Å². The van der Waals surface area contributed by atoms with Crippen molar-refractivity contribution in [2.45, 2.75) is 6.04 Å². The molecule has 0 radical (unpaired) electrons. The largest absolute Gasteiger partial charge is 0.394 e. The molecule has 1 heterocycles. The van der Waals surface area contributed by atoms with Crippen LogP contribution in [0.15, 0.2) is 18.2 Å². The van der Waals surface area contributed by atoms with E-state index in [1.165, 1.54) is 12.1 Å². The number of hydrogen-bond donors (Lipinski definition) is 2. The average Bonchev–Trinajstić information content (AvgIpc) is 2.40. The van der Waals surface area contributed by atoms with Crippen molar-refractivity contribution in [2.75, 3.05) is 32.8 Å². The van der Waals surface area contributed by atoms with Gasteiger partial charge in [-0.05, 0) is 12.1 Å². The van der Waals surface area contributed by atoms with Gasteiger partial charge in [0.25, 0.3) is 5.69 Å². The van der Waals surface area contributed by atoms with Gasteiger partial charge in [0.2, 0.25) is 0 Å². The monoisotopic (exact) mass is 321 g/mol. The zero-order chi connectivity index (χ0) is 13.8. The number of benzene rings is 1. The number of aliphatic hydroxyl groups excluding tert-OH is 1. The fourth-order valence-corrected chi connectivity index (χ4v) is 2.54. The first-order valence-corrected chi connectivity index (χ1v) is 6.50. The highest BCUT2D eigenvalue weighted by Crippen LogP contribution is 2.31. The molecule has 0 saturated carbocycles. The van der Waals surface area contributed by atoms with Crippen molar-refractivity contribution < 1.29 is 10.0 Å². The molecule has 0 amide bonds. The van der Waals surface area contributed by atoms with Crippen molar-refractivity contribution in [1.82, 2.24) is 10.2 Å². The van der Waals surface area contributed by atoms with E-state index in [-0.39, 0.29) is 30.7 Å². The second kappa shape index (κ2) is 7.75. The minimum atomic E-state index is -0.434. The van der Waals surface area contributed by atoms with Crippen LogP contribution in [0.5, 0.6) is 0 Å². The molecule has 1 atom stereocenters. The highest BCUT2D eigenvalue weighted by atomic mass is 35.5. The third kappa shape index (κ3) is 3.80. The van der Waals surface area contributed by atoms with Crippen LogP contribution in [0.2, 0.25) is 5.02 Å². The molecule has 0 spiro atoms. The Morgan fingerprint density at radius 1 is 1.45 bits per heavy atom. The Morgan fingerprint density at radius 2 is 2.10 bits per heavy atom. The first kappa shape index (κ1) is 17.1. The van der Waals surface area contributed by atoms with E-state index in [0.717, 1.165) is 26.2 Å². The van der Waals surface area contributed by atoms with Gasteiger partial charge in [0.1, 0.15) is 0 Å².